The van der Waals surface area contributed by atoms with E-state index in [0.29, 0.717) is 19.0 Å². The van der Waals surface area contributed by atoms with Crippen LogP contribution in [0.1, 0.15) is 30.0 Å². The molecule has 0 saturated carbocycles. The highest BCUT2D eigenvalue weighted by Crippen LogP contribution is 2.20. The molecule has 8 heteroatoms. The summed E-state index contributed by atoms with van der Waals surface area (Å²) in [6.45, 7) is 5.96. The third-order valence-corrected chi connectivity index (χ3v) is 4.55. The van der Waals surface area contributed by atoms with Gasteiger partial charge in [0, 0.05) is 18.7 Å². The second-order valence-corrected chi connectivity index (χ2v) is 7.08. The van der Waals surface area contributed by atoms with Crippen molar-refractivity contribution in [3.05, 3.63) is 65.9 Å². The molecule has 3 rings (SSSR count). The molecule has 0 aliphatic carbocycles. The number of nitrogens with zero attached hydrogens (tertiary/aromatic N) is 3. The standard InChI is InChI=1S/C22H29N5O2.HI/c1-5-23-22(25-14-19(27(3)4)20-7-6-12-28-20)24-13-18-15-29-21(26-18)17-10-8-16(2)9-11-17;/h6-12,15,19H,5,13-14H2,1-4H3,(H2,23,24,25);1H. The molecule has 3 aromatic rings. The van der Waals surface area contributed by atoms with Crippen LogP contribution in [0.15, 0.2) is 62.8 Å². The van der Waals surface area contributed by atoms with E-state index in [-0.39, 0.29) is 30.0 Å². The van der Waals surface area contributed by atoms with E-state index in [1.807, 2.05) is 57.4 Å². The molecule has 30 heavy (non-hydrogen) atoms. The first kappa shape index (κ1) is 23.9. The Labute approximate surface area is 195 Å². The molecule has 2 aromatic heterocycles. The maximum atomic E-state index is 5.62. The Hall–Kier alpha value is -2.33. The molecule has 7 nitrogen and oxygen atoms in total. The van der Waals surface area contributed by atoms with Crippen molar-refractivity contribution in [1.29, 1.82) is 0 Å². The lowest BCUT2D eigenvalue weighted by atomic mass is 10.1. The van der Waals surface area contributed by atoms with E-state index in [1.54, 1.807) is 12.5 Å². The Balaban J connectivity index is 0.00000320. The summed E-state index contributed by atoms with van der Waals surface area (Å²) in [5.74, 6) is 2.25. The van der Waals surface area contributed by atoms with Crippen LogP contribution in [0.5, 0.6) is 0 Å². The average Bonchev–Trinajstić information content (AvgIpc) is 3.39. The molecule has 0 spiro atoms. The molecule has 0 fully saturated rings. The first-order valence-corrected chi connectivity index (χ1v) is 9.80. The lowest BCUT2D eigenvalue weighted by molar-refractivity contribution is 0.258. The first-order chi connectivity index (χ1) is 14.1. The van der Waals surface area contributed by atoms with E-state index in [4.69, 9.17) is 8.83 Å². The second kappa shape index (κ2) is 11.8. The molecule has 2 N–H and O–H groups in total. The van der Waals surface area contributed by atoms with Gasteiger partial charge >= 0.3 is 0 Å². The van der Waals surface area contributed by atoms with Crippen LogP contribution >= 0.6 is 24.0 Å². The quantitative estimate of drug-likeness (QED) is 0.262. The van der Waals surface area contributed by atoms with Gasteiger partial charge in [-0.25, -0.2) is 9.98 Å². The monoisotopic (exact) mass is 523 g/mol. The van der Waals surface area contributed by atoms with Crippen molar-refractivity contribution in [2.24, 2.45) is 4.99 Å². The van der Waals surface area contributed by atoms with Crippen LogP contribution < -0.4 is 10.6 Å². The summed E-state index contributed by atoms with van der Waals surface area (Å²) in [5.41, 5.74) is 2.95. The maximum Gasteiger partial charge on any atom is 0.226 e. The molecule has 162 valence electrons. The maximum absolute atomic E-state index is 5.62. The molecule has 0 aliphatic rings. The molecule has 1 unspecified atom stereocenters. The smallest absolute Gasteiger partial charge is 0.226 e. The number of benzene rings is 1. The molecule has 2 heterocycles. The van der Waals surface area contributed by atoms with Gasteiger partial charge in [-0.3, -0.25) is 4.90 Å². The number of likely N-dealkylation sites (N-methyl/N-ethyl adjacent to an activating group) is 1. The van der Waals surface area contributed by atoms with E-state index >= 15 is 0 Å². The van der Waals surface area contributed by atoms with Gasteiger partial charge in [0.15, 0.2) is 5.96 Å². The zero-order valence-electron chi connectivity index (χ0n) is 17.9. The minimum Gasteiger partial charge on any atom is -0.468 e. The summed E-state index contributed by atoms with van der Waals surface area (Å²) < 4.78 is 11.2. The highest BCUT2D eigenvalue weighted by molar-refractivity contribution is 14.0. The Morgan fingerprint density at radius 3 is 2.53 bits per heavy atom. The van der Waals surface area contributed by atoms with Gasteiger partial charge in [0.25, 0.3) is 0 Å². The summed E-state index contributed by atoms with van der Waals surface area (Å²) in [5, 5.41) is 6.65. The number of hydrogen-bond donors (Lipinski definition) is 2. The largest absolute Gasteiger partial charge is 0.468 e. The van der Waals surface area contributed by atoms with Crippen LogP contribution in [0.25, 0.3) is 11.5 Å². The van der Waals surface area contributed by atoms with Crippen LogP contribution in [0.2, 0.25) is 0 Å². The number of halogens is 1. The molecule has 0 bridgehead atoms. The fourth-order valence-corrected chi connectivity index (χ4v) is 2.92. The normalized spacial score (nSPS) is 12.5. The molecule has 0 radical (unpaired) electrons. The number of guanidine groups is 1. The SMILES string of the molecule is CCNC(=NCc1coc(-c2ccc(C)cc2)n1)NCC(c1ccco1)N(C)C.I. The number of rotatable bonds is 8. The van der Waals surface area contributed by atoms with Crippen molar-refractivity contribution < 1.29 is 8.83 Å². The van der Waals surface area contributed by atoms with Crippen LogP contribution in [-0.4, -0.2) is 43.0 Å². The van der Waals surface area contributed by atoms with Crippen molar-refractivity contribution in [2.45, 2.75) is 26.4 Å². The number of aliphatic imine (C=N–C) groups is 1. The van der Waals surface area contributed by atoms with Crippen molar-refractivity contribution >= 4 is 29.9 Å². The van der Waals surface area contributed by atoms with E-state index in [1.165, 1.54) is 5.56 Å². The number of furan rings is 1. The van der Waals surface area contributed by atoms with Gasteiger partial charge in [-0.15, -0.1) is 24.0 Å². The van der Waals surface area contributed by atoms with Crippen LogP contribution in [-0.2, 0) is 6.54 Å². The molecule has 1 atom stereocenters. The zero-order valence-corrected chi connectivity index (χ0v) is 20.2. The topological polar surface area (TPSA) is 78.8 Å². The first-order valence-electron chi connectivity index (χ1n) is 9.80. The molecule has 0 amide bonds. The van der Waals surface area contributed by atoms with Crippen LogP contribution in [0.3, 0.4) is 0 Å². The highest BCUT2D eigenvalue weighted by atomic mass is 127. The fourth-order valence-electron chi connectivity index (χ4n) is 2.92. The highest BCUT2D eigenvalue weighted by Gasteiger charge is 2.17. The van der Waals surface area contributed by atoms with Crippen molar-refractivity contribution in [3.63, 3.8) is 0 Å². The van der Waals surface area contributed by atoms with Crippen molar-refractivity contribution in [1.82, 2.24) is 20.5 Å². The minimum absolute atomic E-state index is 0. The van der Waals surface area contributed by atoms with E-state index in [9.17, 15) is 0 Å². The van der Waals surface area contributed by atoms with Gasteiger partial charge in [0.05, 0.1) is 18.8 Å². The predicted octanol–water partition coefficient (Wildman–Crippen LogP) is 4.22. The summed E-state index contributed by atoms with van der Waals surface area (Å²) in [4.78, 5) is 11.3. The van der Waals surface area contributed by atoms with E-state index < -0.39 is 0 Å². The number of oxazole rings is 1. The lowest BCUT2D eigenvalue weighted by Crippen LogP contribution is -2.41. The Morgan fingerprint density at radius 1 is 1.13 bits per heavy atom. The van der Waals surface area contributed by atoms with E-state index in [0.717, 1.165) is 29.5 Å². The van der Waals surface area contributed by atoms with Crippen molar-refractivity contribution in [3.8, 4) is 11.5 Å². The summed E-state index contributed by atoms with van der Waals surface area (Å²) in [7, 11) is 4.06. The fraction of sp³-hybridized carbons (Fsp3) is 0.364. The Morgan fingerprint density at radius 2 is 1.90 bits per heavy atom. The van der Waals surface area contributed by atoms with Gasteiger partial charge in [-0.1, -0.05) is 17.7 Å². The van der Waals surface area contributed by atoms with Crippen molar-refractivity contribution in [2.75, 3.05) is 27.2 Å². The molecule has 1 aromatic carbocycles. The lowest BCUT2D eigenvalue weighted by Gasteiger charge is -2.23. The van der Waals surface area contributed by atoms with Gasteiger partial charge in [-0.2, -0.15) is 0 Å². The Bertz CT molecular complexity index is 904. The number of aryl methyl sites for hydroxylation is 1. The molecular weight excluding hydrogens is 493 g/mol. The Kier molecular flexibility index (Phi) is 9.38. The van der Waals surface area contributed by atoms with Gasteiger partial charge < -0.3 is 19.5 Å². The third-order valence-electron chi connectivity index (χ3n) is 4.55. The van der Waals surface area contributed by atoms with Gasteiger partial charge in [-0.05, 0) is 52.2 Å². The summed E-state index contributed by atoms with van der Waals surface area (Å²) >= 11 is 0. The second-order valence-electron chi connectivity index (χ2n) is 7.08. The van der Waals surface area contributed by atoms with Crippen LogP contribution in [0, 0.1) is 6.92 Å². The molecular formula is C22H30IN5O2. The molecule has 0 saturated heterocycles. The van der Waals surface area contributed by atoms with Crippen LogP contribution in [0.4, 0.5) is 0 Å². The van der Waals surface area contributed by atoms with Gasteiger partial charge in [0.2, 0.25) is 5.89 Å². The number of hydrogen-bond acceptors (Lipinski definition) is 5. The minimum atomic E-state index is 0. The molecule has 0 aliphatic heterocycles. The number of aromatic nitrogens is 1. The summed E-state index contributed by atoms with van der Waals surface area (Å²) in [6.07, 6.45) is 3.36. The predicted molar refractivity (Wildman–Crippen MR) is 130 cm³/mol. The third kappa shape index (κ3) is 6.60. The van der Waals surface area contributed by atoms with Gasteiger partial charge in [0.1, 0.15) is 17.7 Å². The zero-order chi connectivity index (χ0) is 20.6. The van der Waals surface area contributed by atoms with E-state index in [2.05, 4.69) is 32.4 Å². The summed E-state index contributed by atoms with van der Waals surface area (Å²) in [6, 6.07) is 12.1. The average molecular weight is 523 g/mol. The number of nitrogens with one attached hydrogen (secondary N) is 2.